The summed E-state index contributed by atoms with van der Waals surface area (Å²) in [7, 11) is 1.91. The molecule has 5 heteroatoms. The number of nitrogens with two attached hydrogens (primary N) is 1. The fourth-order valence-corrected chi connectivity index (χ4v) is 1.92. The molecule has 0 saturated carbocycles. The first kappa shape index (κ1) is 12.5. The number of hydrogen-bond donors (Lipinski definition) is 1. The van der Waals surface area contributed by atoms with Crippen LogP contribution in [-0.2, 0) is 6.54 Å². The van der Waals surface area contributed by atoms with E-state index < -0.39 is 0 Å². The van der Waals surface area contributed by atoms with Gasteiger partial charge in [-0.1, -0.05) is 18.3 Å². The molecule has 1 aromatic carbocycles. The van der Waals surface area contributed by atoms with Crippen molar-refractivity contribution >= 4 is 33.1 Å². The largest absolute Gasteiger partial charge is 0.392 e. The summed E-state index contributed by atoms with van der Waals surface area (Å²) in [4.78, 5) is 2.43. The maximum absolute atomic E-state index is 12.9. The van der Waals surface area contributed by atoms with Crippen molar-refractivity contribution in [3.05, 3.63) is 34.1 Å². The van der Waals surface area contributed by atoms with Gasteiger partial charge in [0.2, 0.25) is 0 Å². The summed E-state index contributed by atoms with van der Waals surface area (Å²) in [5.41, 5.74) is 6.44. The third kappa shape index (κ3) is 4.24. The molecular weight excluding hydrogens is 279 g/mol. The third-order valence-electron chi connectivity index (χ3n) is 1.86. The van der Waals surface area contributed by atoms with E-state index in [0.717, 1.165) is 5.56 Å². The Labute approximate surface area is 102 Å². The molecule has 1 rings (SSSR count). The molecule has 2 N–H and O–H groups in total. The van der Waals surface area contributed by atoms with E-state index in [-0.39, 0.29) is 5.82 Å². The number of hydrogen-bond acceptors (Lipinski definition) is 2. The maximum Gasteiger partial charge on any atom is 0.137 e. The molecule has 0 unspecified atom stereocenters. The first-order chi connectivity index (χ1) is 6.99. The van der Waals surface area contributed by atoms with Gasteiger partial charge in [-0.2, -0.15) is 0 Å². The van der Waals surface area contributed by atoms with Gasteiger partial charge in [0.25, 0.3) is 0 Å². The van der Waals surface area contributed by atoms with E-state index in [1.54, 1.807) is 12.1 Å². The van der Waals surface area contributed by atoms with Gasteiger partial charge in [-0.25, -0.2) is 4.39 Å². The molecule has 0 aliphatic heterocycles. The van der Waals surface area contributed by atoms with Crippen LogP contribution in [0, 0.1) is 5.82 Å². The Balaban J connectivity index is 2.64. The quantitative estimate of drug-likeness (QED) is 0.863. The van der Waals surface area contributed by atoms with Crippen LogP contribution in [0.1, 0.15) is 5.56 Å². The Bertz CT molecular complexity index is 370. The zero-order chi connectivity index (χ0) is 11.4. The SMILES string of the molecule is CN(CC(N)=S)Cc1ccc(F)c(Br)c1. The van der Waals surface area contributed by atoms with Gasteiger partial charge >= 0.3 is 0 Å². The van der Waals surface area contributed by atoms with Gasteiger partial charge in [-0.05, 0) is 40.7 Å². The van der Waals surface area contributed by atoms with Gasteiger partial charge in [0.1, 0.15) is 5.82 Å². The lowest BCUT2D eigenvalue weighted by Crippen LogP contribution is -2.28. The molecule has 0 aliphatic carbocycles. The van der Waals surface area contributed by atoms with Crippen molar-refractivity contribution in [3.8, 4) is 0 Å². The number of rotatable bonds is 4. The molecule has 0 fully saturated rings. The lowest BCUT2D eigenvalue weighted by Gasteiger charge is -2.15. The van der Waals surface area contributed by atoms with Gasteiger partial charge in [0, 0.05) is 13.1 Å². The molecule has 0 radical (unpaired) electrons. The number of nitrogens with zero attached hydrogens (tertiary/aromatic N) is 1. The van der Waals surface area contributed by atoms with E-state index in [2.05, 4.69) is 15.9 Å². The summed E-state index contributed by atoms with van der Waals surface area (Å²) in [6, 6.07) is 4.94. The maximum atomic E-state index is 12.9. The molecule has 0 bridgehead atoms. The van der Waals surface area contributed by atoms with Gasteiger partial charge in [-0.3, -0.25) is 4.90 Å². The first-order valence-electron chi connectivity index (χ1n) is 4.40. The van der Waals surface area contributed by atoms with Crippen molar-refractivity contribution in [2.75, 3.05) is 13.6 Å². The lowest BCUT2D eigenvalue weighted by molar-refractivity contribution is 0.374. The zero-order valence-electron chi connectivity index (χ0n) is 8.34. The fraction of sp³-hybridized carbons (Fsp3) is 0.300. The summed E-state index contributed by atoms with van der Waals surface area (Å²) < 4.78 is 13.4. The number of likely N-dealkylation sites (N-methyl/N-ethyl adjacent to an activating group) is 1. The van der Waals surface area contributed by atoms with Crippen LogP contribution in [0.2, 0.25) is 0 Å². The van der Waals surface area contributed by atoms with E-state index >= 15 is 0 Å². The fourth-order valence-electron chi connectivity index (χ4n) is 1.27. The minimum atomic E-state index is -0.254. The van der Waals surface area contributed by atoms with Gasteiger partial charge in [0.05, 0.1) is 9.46 Å². The summed E-state index contributed by atoms with van der Waals surface area (Å²) in [5.74, 6) is -0.254. The highest BCUT2D eigenvalue weighted by Gasteiger charge is 2.04. The summed E-state index contributed by atoms with van der Waals surface area (Å²) >= 11 is 7.94. The molecule has 0 amide bonds. The Morgan fingerprint density at radius 1 is 1.60 bits per heavy atom. The minimum absolute atomic E-state index is 0.254. The molecule has 0 saturated heterocycles. The van der Waals surface area contributed by atoms with Crippen molar-refractivity contribution in [2.45, 2.75) is 6.54 Å². The average Bonchev–Trinajstić information content (AvgIpc) is 2.10. The van der Waals surface area contributed by atoms with Crippen LogP contribution >= 0.6 is 28.1 Å². The minimum Gasteiger partial charge on any atom is -0.392 e. The normalized spacial score (nSPS) is 10.7. The molecule has 1 aromatic rings. The molecular formula is C10H12BrFN2S. The topological polar surface area (TPSA) is 29.3 Å². The van der Waals surface area contributed by atoms with Crippen molar-refractivity contribution in [1.29, 1.82) is 0 Å². The monoisotopic (exact) mass is 290 g/mol. The van der Waals surface area contributed by atoms with Crippen molar-refractivity contribution < 1.29 is 4.39 Å². The van der Waals surface area contributed by atoms with Crippen LogP contribution in [0.25, 0.3) is 0 Å². The molecule has 0 aromatic heterocycles. The smallest absolute Gasteiger partial charge is 0.137 e. The average molecular weight is 291 g/mol. The summed E-state index contributed by atoms with van der Waals surface area (Å²) in [6.45, 7) is 1.25. The Morgan fingerprint density at radius 2 is 2.27 bits per heavy atom. The molecule has 0 spiro atoms. The third-order valence-corrected chi connectivity index (χ3v) is 2.60. The van der Waals surface area contributed by atoms with E-state index in [9.17, 15) is 4.39 Å². The van der Waals surface area contributed by atoms with Crippen LogP contribution in [0.15, 0.2) is 22.7 Å². The Kier molecular flexibility index (Phi) is 4.63. The standard InChI is InChI=1S/C10H12BrFN2S/c1-14(6-10(13)15)5-7-2-3-9(12)8(11)4-7/h2-4H,5-6H2,1H3,(H2,13,15). The van der Waals surface area contributed by atoms with E-state index in [0.29, 0.717) is 22.6 Å². The molecule has 2 nitrogen and oxygen atoms in total. The zero-order valence-corrected chi connectivity index (χ0v) is 10.7. The van der Waals surface area contributed by atoms with Crippen molar-refractivity contribution in [2.24, 2.45) is 5.73 Å². The second kappa shape index (κ2) is 5.53. The molecule has 15 heavy (non-hydrogen) atoms. The van der Waals surface area contributed by atoms with Crippen LogP contribution in [-0.4, -0.2) is 23.5 Å². The summed E-state index contributed by atoms with van der Waals surface area (Å²) in [5, 5.41) is 0. The highest BCUT2D eigenvalue weighted by molar-refractivity contribution is 9.10. The second-order valence-corrected chi connectivity index (χ2v) is 4.77. The predicted molar refractivity (Wildman–Crippen MR) is 67.2 cm³/mol. The second-order valence-electron chi connectivity index (χ2n) is 3.39. The molecule has 0 atom stereocenters. The number of thiocarbonyl (C=S) groups is 1. The first-order valence-corrected chi connectivity index (χ1v) is 5.60. The van der Waals surface area contributed by atoms with E-state index in [1.165, 1.54) is 6.07 Å². The van der Waals surface area contributed by atoms with E-state index in [4.69, 9.17) is 18.0 Å². The highest BCUT2D eigenvalue weighted by atomic mass is 79.9. The predicted octanol–water partition coefficient (Wildman–Crippen LogP) is 2.31. The number of halogens is 2. The Hall–Kier alpha value is -0.520. The number of benzene rings is 1. The molecule has 0 heterocycles. The van der Waals surface area contributed by atoms with Crippen LogP contribution in [0.5, 0.6) is 0 Å². The van der Waals surface area contributed by atoms with Gasteiger partial charge < -0.3 is 5.73 Å². The van der Waals surface area contributed by atoms with Crippen LogP contribution in [0.4, 0.5) is 4.39 Å². The lowest BCUT2D eigenvalue weighted by atomic mass is 10.2. The highest BCUT2D eigenvalue weighted by Crippen LogP contribution is 2.17. The summed E-state index contributed by atoms with van der Waals surface area (Å²) in [6.07, 6.45) is 0. The molecule has 82 valence electrons. The van der Waals surface area contributed by atoms with E-state index in [1.807, 2.05) is 11.9 Å². The Morgan fingerprint density at radius 3 is 2.80 bits per heavy atom. The van der Waals surface area contributed by atoms with Crippen molar-refractivity contribution in [1.82, 2.24) is 4.90 Å². The van der Waals surface area contributed by atoms with Gasteiger partial charge in [-0.15, -0.1) is 0 Å². The van der Waals surface area contributed by atoms with Gasteiger partial charge in [0.15, 0.2) is 0 Å². The van der Waals surface area contributed by atoms with Crippen LogP contribution in [0.3, 0.4) is 0 Å². The molecule has 0 aliphatic rings. The van der Waals surface area contributed by atoms with Crippen molar-refractivity contribution in [3.63, 3.8) is 0 Å². The van der Waals surface area contributed by atoms with Crippen LogP contribution < -0.4 is 5.73 Å².